The van der Waals surface area contributed by atoms with Crippen LogP contribution in [0.4, 0.5) is 9.18 Å². The van der Waals surface area contributed by atoms with E-state index in [4.69, 9.17) is 4.74 Å². The molecule has 0 aromatic heterocycles. The zero-order chi connectivity index (χ0) is 18.5. The number of carbonyl (C=O) groups is 2. The van der Waals surface area contributed by atoms with Crippen LogP contribution in [0.15, 0.2) is 65.9 Å². The van der Waals surface area contributed by atoms with Gasteiger partial charge in [0.25, 0.3) is 0 Å². The monoisotopic (exact) mass is 354 g/mol. The molecule has 3 rings (SSSR count). The molecule has 5 nitrogen and oxygen atoms in total. The van der Waals surface area contributed by atoms with Crippen molar-refractivity contribution in [1.82, 2.24) is 10.6 Å². The summed E-state index contributed by atoms with van der Waals surface area (Å²) in [5, 5.41) is 5.14. The Morgan fingerprint density at radius 3 is 2.54 bits per heavy atom. The lowest BCUT2D eigenvalue weighted by Crippen LogP contribution is -2.45. The maximum absolute atomic E-state index is 14.2. The lowest BCUT2D eigenvalue weighted by atomic mass is 9.95. The van der Waals surface area contributed by atoms with E-state index in [1.54, 1.807) is 19.1 Å². The SMILES string of the molecule is CC1=C(C(=O)OCCc2ccccc2)[C@@H](c2ccccc2F)NC(=O)N1. The Hall–Kier alpha value is -3.15. The average molecular weight is 354 g/mol. The van der Waals surface area contributed by atoms with Gasteiger partial charge in [0.2, 0.25) is 0 Å². The van der Waals surface area contributed by atoms with Crippen molar-refractivity contribution in [3.8, 4) is 0 Å². The molecule has 1 heterocycles. The Morgan fingerprint density at radius 1 is 1.12 bits per heavy atom. The molecule has 1 atom stereocenters. The van der Waals surface area contributed by atoms with Gasteiger partial charge in [0.05, 0.1) is 18.2 Å². The summed E-state index contributed by atoms with van der Waals surface area (Å²) in [6.07, 6.45) is 0.572. The van der Waals surface area contributed by atoms with Crippen molar-refractivity contribution in [2.75, 3.05) is 6.61 Å². The maximum Gasteiger partial charge on any atom is 0.338 e. The van der Waals surface area contributed by atoms with Crippen LogP contribution in [0.5, 0.6) is 0 Å². The predicted molar refractivity (Wildman–Crippen MR) is 94.6 cm³/mol. The van der Waals surface area contributed by atoms with E-state index in [9.17, 15) is 14.0 Å². The van der Waals surface area contributed by atoms with Gasteiger partial charge in [-0.3, -0.25) is 0 Å². The molecule has 2 amide bonds. The molecule has 0 radical (unpaired) electrons. The summed E-state index contributed by atoms with van der Waals surface area (Å²) in [6.45, 7) is 1.79. The van der Waals surface area contributed by atoms with Gasteiger partial charge in [0.15, 0.2) is 0 Å². The molecule has 0 bridgehead atoms. The lowest BCUT2D eigenvalue weighted by Gasteiger charge is -2.28. The first-order valence-corrected chi connectivity index (χ1v) is 8.30. The second kappa shape index (κ2) is 7.82. The molecule has 0 saturated heterocycles. The Labute approximate surface area is 150 Å². The molecule has 0 aliphatic carbocycles. The molecule has 0 fully saturated rings. The molecule has 0 saturated carbocycles. The number of carbonyl (C=O) groups excluding carboxylic acids is 2. The smallest absolute Gasteiger partial charge is 0.338 e. The average Bonchev–Trinajstić information content (AvgIpc) is 2.62. The van der Waals surface area contributed by atoms with Crippen molar-refractivity contribution in [3.63, 3.8) is 0 Å². The minimum absolute atomic E-state index is 0.192. The molecular formula is C20H19FN2O3. The Morgan fingerprint density at radius 2 is 1.81 bits per heavy atom. The Balaban J connectivity index is 1.78. The zero-order valence-corrected chi connectivity index (χ0v) is 14.3. The Bertz CT molecular complexity index is 849. The summed E-state index contributed by atoms with van der Waals surface area (Å²) in [6, 6.07) is 14.3. The summed E-state index contributed by atoms with van der Waals surface area (Å²) < 4.78 is 19.6. The fraction of sp³-hybridized carbons (Fsp3) is 0.200. The molecule has 0 unspecified atom stereocenters. The summed E-state index contributed by atoms with van der Waals surface area (Å²) >= 11 is 0. The first kappa shape index (κ1) is 17.7. The molecule has 2 aromatic carbocycles. The largest absolute Gasteiger partial charge is 0.462 e. The van der Waals surface area contributed by atoms with Gasteiger partial charge < -0.3 is 15.4 Å². The second-order valence-electron chi connectivity index (χ2n) is 5.96. The first-order chi connectivity index (χ1) is 12.6. The number of amides is 2. The van der Waals surface area contributed by atoms with E-state index in [1.165, 1.54) is 12.1 Å². The van der Waals surface area contributed by atoms with Crippen LogP contribution in [0.1, 0.15) is 24.1 Å². The minimum Gasteiger partial charge on any atom is -0.462 e. The van der Waals surface area contributed by atoms with Crippen molar-refractivity contribution in [2.45, 2.75) is 19.4 Å². The summed E-state index contributed by atoms with van der Waals surface area (Å²) in [5.74, 6) is -1.08. The van der Waals surface area contributed by atoms with Crippen LogP contribution in [-0.2, 0) is 16.0 Å². The molecule has 6 heteroatoms. The molecule has 2 aromatic rings. The number of urea groups is 1. The lowest BCUT2D eigenvalue weighted by molar-refractivity contribution is -0.139. The summed E-state index contributed by atoms with van der Waals surface area (Å²) in [7, 11) is 0. The van der Waals surface area contributed by atoms with E-state index < -0.39 is 23.9 Å². The van der Waals surface area contributed by atoms with Gasteiger partial charge in [-0.1, -0.05) is 48.5 Å². The number of hydrogen-bond acceptors (Lipinski definition) is 3. The van der Waals surface area contributed by atoms with E-state index >= 15 is 0 Å². The van der Waals surface area contributed by atoms with Gasteiger partial charge in [-0.05, 0) is 18.6 Å². The zero-order valence-electron chi connectivity index (χ0n) is 14.3. The third kappa shape index (κ3) is 3.91. The highest BCUT2D eigenvalue weighted by Gasteiger charge is 2.33. The molecule has 2 N–H and O–H groups in total. The van der Waals surface area contributed by atoms with E-state index in [1.807, 2.05) is 30.3 Å². The third-order valence-electron chi connectivity index (χ3n) is 4.17. The van der Waals surface area contributed by atoms with Crippen molar-refractivity contribution in [3.05, 3.63) is 82.8 Å². The number of esters is 1. The van der Waals surface area contributed by atoms with E-state index in [0.717, 1.165) is 5.56 Å². The van der Waals surface area contributed by atoms with Crippen LogP contribution >= 0.6 is 0 Å². The summed E-state index contributed by atoms with van der Waals surface area (Å²) in [5.41, 5.74) is 1.82. The summed E-state index contributed by atoms with van der Waals surface area (Å²) in [4.78, 5) is 24.4. The molecule has 1 aliphatic heterocycles. The van der Waals surface area contributed by atoms with Gasteiger partial charge in [0.1, 0.15) is 5.82 Å². The van der Waals surface area contributed by atoms with Crippen LogP contribution < -0.4 is 10.6 Å². The number of nitrogens with one attached hydrogen (secondary N) is 2. The van der Waals surface area contributed by atoms with Gasteiger partial charge in [0, 0.05) is 17.7 Å². The van der Waals surface area contributed by atoms with E-state index in [-0.39, 0.29) is 17.7 Å². The molecule has 134 valence electrons. The predicted octanol–water partition coefficient (Wildman–Crippen LogP) is 3.24. The maximum atomic E-state index is 14.2. The first-order valence-electron chi connectivity index (χ1n) is 8.30. The number of benzene rings is 2. The molecule has 26 heavy (non-hydrogen) atoms. The normalized spacial score (nSPS) is 16.7. The van der Waals surface area contributed by atoms with Gasteiger partial charge in [-0.25, -0.2) is 14.0 Å². The van der Waals surface area contributed by atoms with Crippen molar-refractivity contribution < 1.29 is 18.7 Å². The van der Waals surface area contributed by atoms with Crippen molar-refractivity contribution >= 4 is 12.0 Å². The molecule has 1 aliphatic rings. The van der Waals surface area contributed by atoms with Crippen LogP contribution in [0.2, 0.25) is 0 Å². The van der Waals surface area contributed by atoms with Crippen LogP contribution in [0.3, 0.4) is 0 Å². The van der Waals surface area contributed by atoms with Crippen molar-refractivity contribution in [1.29, 1.82) is 0 Å². The van der Waals surface area contributed by atoms with Crippen molar-refractivity contribution in [2.24, 2.45) is 0 Å². The highest BCUT2D eigenvalue weighted by molar-refractivity contribution is 5.95. The number of allylic oxidation sites excluding steroid dienone is 1. The fourth-order valence-corrected chi connectivity index (χ4v) is 2.89. The van der Waals surface area contributed by atoms with Gasteiger partial charge >= 0.3 is 12.0 Å². The molecular weight excluding hydrogens is 335 g/mol. The molecule has 0 spiro atoms. The van der Waals surface area contributed by atoms with E-state index in [2.05, 4.69) is 10.6 Å². The van der Waals surface area contributed by atoms with Gasteiger partial charge in [-0.15, -0.1) is 0 Å². The minimum atomic E-state index is -0.894. The highest BCUT2D eigenvalue weighted by atomic mass is 19.1. The number of halogens is 1. The second-order valence-corrected chi connectivity index (χ2v) is 5.96. The topological polar surface area (TPSA) is 67.4 Å². The number of hydrogen-bond donors (Lipinski definition) is 2. The number of rotatable bonds is 5. The quantitative estimate of drug-likeness (QED) is 0.810. The van der Waals surface area contributed by atoms with Gasteiger partial charge in [-0.2, -0.15) is 0 Å². The Kier molecular flexibility index (Phi) is 5.31. The van der Waals surface area contributed by atoms with Crippen LogP contribution in [0, 0.1) is 5.82 Å². The van der Waals surface area contributed by atoms with Crippen LogP contribution in [-0.4, -0.2) is 18.6 Å². The standard InChI is InChI=1S/C20H19FN2O3/c1-13-17(19(24)26-12-11-14-7-3-2-4-8-14)18(23-20(25)22-13)15-9-5-6-10-16(15)21/h2-10,18H,11-12H2,1H3,(H2,22,23,25)/t18-/m1/s1. The fourth-order valence-electron chi connectivity index (χ4n) is 2.89. The van der Waals surface area contributed by atoms with Crippen LogP contribution in [0.25, 0.3) is 0 Å². The highest BCUT2D eigenvalue weighted by Crippen LogP contribution is 2.29. The number of ether oxygens (including phenoxy) is 1. The van der Waals surface area contributed by atoms with E-state index in [0.29, 0.717) is 12.1 Å². The third-order valence-corrected chi connectivity index (χ3v) is 4.17.